The molecule has 1 aromatic carbocycles. The summed E-state index contributed by atoms with van der Waals surface area (Å²) >= 11 is 0. The summed E-state index contributed by atoms with van der Waals surface area (Å²) in [4.78, 5) is 0. The molecule has 3 nitrogen and oxygen atoms in total. The number of aliphatic hydroxyl groups is 1. The first-order valence-electron chi connectivity index (χ1n) is 7.06. The van der Waals surface area contributed by atoms with Crippen LogP contribution in [-0.4, -0.2) is 30.5 Å². The summed E-state index contributed by atoms with van der Waals surface area (Å²) in [5, 5.41) is 10.9. The Balaban J connectivity index is 2.33. The van der Waals surface area contributed by atoms with Crippen LogP contribution in [0.5, 0.6) is 0 Å². The van der Waals surface area contributed by atoms with Crippen LogP contribution < -0.4 is 0 Å². The molecule has 1 N–H and O–H groups in total. The quantitative estimate of drug-likeness (QED) is 0.908. The van der Waals surface area contributed by atoms with Crippen LogP contribution in [0.15, 0.2) is 18.2 Å². The average molecular weight is 264 g/mol. The molecule has 106 valence electrons. The first kappa shape index (κ1) is 14.5. The van der Waals surface area contributed by atoms with E-state index in [9.17, 15) is 5.11 Å². The zero-order valence-electron chi connectivity index (χ0n) is 12.1. The lowest BCUT2D eigenvalue weighted by molar-refractivity contribution is -0.168. The largest absolute Gasteiger partial charge is 0.385 e. The molecule has 0 radical (unpaired) electrons. The number of rotatable bonds is 4. The van der Waals surface area contributed by atoms with Crippen LogP contribution in [-0.2, 0) is 9.47 Å². The molecule has 0 aliphatic carbocycles. The molecule has 2 rings (SSSR count). The Morgan fingerprint density at radius 3 is 2.63 bits per heavy atom. The molecule has 1 unspecified atom stereocenters. The first-order valence-corrected chi connectivity index (χ1v) is 7.06. The molecule has 19 heavy (non-hydrogen) atoms. The number of aliphatic hydroxyl groups excluding tert-OH is 1. The maximum Gasteiger partial charge on any atom is 0.108 e. The van der Waals surface area contributed by atoms with Gasteiger partial charge in [-0.25, -0.2) is 0 Å². The zero-order valence-corrected chi connectivity index (χ0v) is 12.1. The Morgan fingerprint density at radius 1 is 1.32 bits per heavy atom. The summed E-state index contributed by atoms with van der Waals surface area (Å²) < 4.78 is 11.4. The van der Waals surface area contributed by atoms with Gasteiger partial charge in [0.15, 0.2) is 0 Å². The van der Waals surface area contributed by atoms with E-state index in [-0.39, 0.29) is 0 Å². The average Bonchev–Trinajstić information content (AvgIpc) is 2.42. The third-order valence-corrected chi connectivity index (χ3v) is 4.21. The van der Waals surface area contributed by atoms with E-state index in [0.717, 1.165) is 24.0 Å². The minimum Gasteiger partial charge on any atom is -0.385 e. The van der Waals surface area contributed by atoms with E-state index < -0.39 is 11.7 Å². The topological polar surface area (TPSA) is 38.7 Å². The van der Waals surface area contributed by atoms with Gasteiger partial charge >= 0.3 is 0 Å². The van der Waals surface area contributed by atoms with Gasteiger partial charge in [0.1, 0.15) is 11.7 Å². The fourth-order valence-corrected chi connectivity index (χ4v) is 2.85. The molecule has 1 atom stereocenters. The Bertz CT molecular complexity index is 416. The highest BCUT2D eigenvalue weighted by Crippen LogP contribution is 2.39. The van der Waals surface area contributed by atoms with E-state index in [1.807, 2.05) is 19.1 Å². The molecule has 1 aliphatic rings. The second-order valence-electron chi connectivity index (χ2n) is 5.30. The van der Waals surface area contributed by atoms with Crippen LogP contribution in [0.3, 0.4) is 0 Å². The van der Waals surface area contributed by atoms with Gasteiger partial charge in [0.25, 0.3) is 0 Å². The van der Waals surface area contributed by atoms with Crippen molar-refractivity contribution in [3.63, 3.8) is 0 Å². The van der Waals surface area contributed by atoms with Crippen LogP contribution >= 0.6 is 0 Å². The predicted molar refractivity (Wildman–Crippen MR) is 75.3 cm³/mol. The number of aryl methyl sites for hydroxylation is 1. The van der Waals surface area contributed by atoms with Crippen molar-refractivity contribution in [1.82, 2.24) is 0 Å². The molecule has 1 saturated heterocycles. The molecule has 3 heteroatoms. The number of hydrogen-bond acceptors (Lipinski definition) is 3. The highest BCUT2D eigenvalue weighted by atomic mass is 16.5. The predicted octanol–water partition coefficient (Wildman–Crippen LogP) is 2.92. The molecular weight excluding hydrogens is 240 g/mol. The molecule has 1 aliphatic heterocycles. The molecule has 1 fully saturated rings. The number of ether oxygens (including phenoxy) is 2. The second kappa shape index (κ2) is 6.04. The minimum absolute atomic E-state index is 0.494. The van der Waals surface area contributed by atoms with Crippen LogP contribution in [0, 0.1) is 13.8 Å². The Kier molecular flexibility index (Phi) is 4.61. The van der Waals surface area contributed by atoms with E-state index in [0.29, 0.717) is 19.8 Å². The van der Waals surface area contributed by atoms with Crippen LogP contribution in [0.4, 0.5) is 0 Å². The van der Waals surface area contributed by atoms with Crippen molar-refractivity contribution in [2.24, 2.45) is 0 Å². The molecule has 0 spiro atoms. The molecule has 1 heterocycles. The Labute approximate surface area is 115 Å². The van der Waals surface area contributed by atoms with E-state index in [4.69, 9.17) is 9.47 Å². The van der Waals surface area contributed by atoms with Crippen molar-refractivity contribution >= 4 is 0 Å². The third-order valence-electron chi connectivity index (χ3n) is 4.21. The second-order valence-corrected chi connectivity index (χ2v) is 5.30. The maximum atomic E-state index is 10.9. The van der Waals surface area contributed by atoms with Crippen LogP contribution in [0.2, 0.25) is 0 Å². The Hall–Kier alpha value is -0.900. The lowest BCUT2D eigenvalue weighted by Gasteiger charge is -2.41. The van der Waals surface area contributed by atoms with Gasteiger partial charge in [-0.1, -0.05) is 18.2 Å². The SMILES string of the molecule is CCOC1(C(O)c2cccc(C)c2C)CCOCC1. The normalized spacial score (nSPS) is 20.2. The van der Waals surface area contributed by atoms with E-state index in [2.05, 4.69) is 19.9 Å². The van der Waals surface area contributed by atoms with Crippen molar-refractivity contribution in [2.75, 3.05) is 19.8 Å². The summed E-state index contributed by atoms with van der Waals surface area (Å²) in [7, 11) is 0. The molecule has 0 saturated carbocycles. The van der Waals surface area contributed by atoms with Crippen LogP contribution in [0.1, 0.15) is 42.6 Å². The Morgan fingerprint density at radius 2 is 2.00 bits per heavy atom. The van der Waals surface area contributed by atoms with Gasteiger partial charge in [0, 0.05) is 32.7 Å². The van der Waals surface area contributed by atoms with Gasteiger partial charge in [0.05, 0.1) is 0 Å². The molecular formula is C16H24O3. The first-order chi connectivity index (χ1) is 9.10. The third kappa shape index (κ3) is 2.83. The van der Waals surface area contributed by atoms with E-state index >= 15 is 0 Å². The standard InChI is InChI=1S/C16H24O3/c1-4-19-16(8-10-18-11-9-16)15(17)14-7-5-6-12(2)13(14)3/h5-7,15,17H,4,8-11H2,1-3H3. The van der Waals surface area contributed by atoms with Crippen LogP contribution in [0.25, 0.3) is 0 Å². The van der Waals surface area contributed by atoms with Gasteiger partial charge in [-0.3, -0.25) is 0 Å². The summed E-state index contributed by atoms with van der Waals surface area (Å²) in [6.07, 6.45) is 0.904. The number of benzene rings is 1. The van der Waals surface area contributed by atoms with E-state index in [1.165, 1.54) is 5.56 Å². The molecule has 0 amide bonds. The fraction of sp³-hybridized carbons (Fsp3) is 0.625. The van der Waals surface area contributed by atoms with Gasteiger partial charge < -0.3 is 14.6 Å². The molecule has 1 aromatic rings. The maximum absolute atomic E-state index is 10.9. The highest BCUT2D eigenvalue weighted by Gasteiger charge is 2.41. The lowest BCUT2D eigenvalue weighted by Crippen LogP contribution is -2.45. The van der Waals surface area contributed by atoms with Crippen molar-refractivity contribution in [1.29, 1.82) is 0 Å². The van der Waals surface area contributed by atoms with Gasteiger partial charge in [-0.15, -0.1) is 0 Å². The van der Waals surface area contributed by atoms with Crippen molar-refractivity contribution in [2.45, 2.75) is 45.3 Å². The van der Waals surface area contributed by atoms with Gasteiger partial charge in [-0.05, 0) is 37.5 Å². The molecule has 0 bridgehead atoms. The van der Waals surface area contributed by atoms with E-state index in [1.54, 1.807) is 0 Å². The van der Waals surface area contributed by atoms with Gasteiger partial charge in [0.2, 0.25) is 0 Å². The molecule has 0 aromatic heterocycles. The monoisotopic (exact) mass is 264 g/mol. The summed E-state index contributed by atoms with van der Waals surface area (Å²) in [6.45, 7) is 8.04. The summed E-state index contributed by atoms with van der Waals surface area (Å²) in [6, 6.07) is 6.08. The highest BCUT2D eigenvalue weighted by molar-refractivity contribution is 5.36. The lowest BCUT2D eigenvalue weighted by atomic mass is 9.82. The smallest absolute Gasteiger partial charge is 0.108 e. The van der Waals surface area contributed by atoms with Crippen molar-refractivity contribution in [3.8, 4) is 0 Å². The minimum atomic E-state index is -0.587. The summed E-state index contributed by atoms with van der Waals surface area (Å²) in [5.74, 6) is 0. The van der Waals surface area contributed by atoms with Crippen molar-refractivity contribution < 1.29 is 14.6 Å². The number of hydrogen-bond donors (Lipinski definition) is 1. The fourth-order valence-electron chi connectivity index (χ4n) is 2.85. The summed E-state index contributed by atoms with van der Waals surface area (Å²) in [5.41, 5.74) is 2.84. The van der Waals surface area contributed by atoms with Crippen molar-refractivity contribution in [3.05, 3.63) is 34.9 Å². The zero-order chi connectivity index (χ0) is 13.9. The van der Waals surface area contributed by atoms with Gasteiger partial charge in [-0.2, -0.15) is 0 Å².